The van der Waals surface area contributed by atoms with E-state index in [1.165, 1.54) is 37.7 Å². The molecule has 31 heavy (non-hydrogen) atoms. The van der Waals surface area contributed by atoms with Crippen LogP contribution in [0.15, 0.2) is 11.6 Å². The maximum Gasteiger partial charge on any atom is 0.142 e. The van der Waals surface area contributed by atoms with Gasteiger partial charge in [-0.15, -0.1) is 0 Å². The lowest BCUT2D eigenvalue weighted by molar-refractivity contribution is -0.145. The molecule has 3 fully saturated rings. The van der Waals surface area contributed by atoms with Crippen molar-refractivity contribution in [2.24, 2.45) is 51.8 Å². The monoisotopic (exact) mass is 428 g/mol. The van der Waals surface area contributed by atoms with Gasteiger partial charge in [0.05, 0.1) is 6.10 Å². The summed E-state index contributed by atoms with van der Waals surface area (Å²) in [7, 11) is 0. The Morgan fingerprint density at radius 2 is 1.77 bits per heavy atom. The van der Waals surface area contributed by atoms with E-state index in [1.807, 2.05) is 0 Å². The van der Waals surface area contributed by atoms with Crippen LogP contribution >= 0.6 is 0 Å². The first kappa shape index (κ1) is 23.5. The molecule has 1 unspecified atom stereocenters. The van der Waals surface area contributed by atoms with Gasteiger partial charge >= 0.3 is 0 Å². The molecule has 4 rings (SSSR count). The Morgan fingerprint density at radius 1 is 1.06 bits per heavy atom. The van der Waals surface area contributed by atoms with Gasteiger partial charge in [0, 0.05) is 11.8 Å². The Hall–Kier alpha value is -0.630. The molecule has 0 bridgehead atoms. The van der Waals surface area contributed by atoms with Gasteiger partial charge in [0.1, 0.15) is 5.78 Å². The fourth-order valence-electron chi connectivity index (χ4n) is 9.20. The van der Waals surface area contributed by atoms with Gasteiger partial charge in [0.15, 0.2) is 0 Å². The number of allylic oxidation sites excluding steroid dienone is 2. The van der Waals surface area contributed by atoms with Crippen LogP contribution in [-0.2, 0) is 4.79 Å². The van der Waals surface area contributed by atoms with Gasteiger partial charge in [0.2, 0.25) is 0 Å². The Balaban J connectivity index is 1.59. The number of fused-ring (bicyclic) bond motifs is 5. The Bertz CT molecular complexity index is 733. The van der Waals surface area contributed by atoms with Gasteiger partial charge in [0.25, 0.3) is 0 Å². The van der Waals surface area contributed by atoms with Crippen molar-refractivity contribution in [1.29, 1.82) is 0 Å². The summed E-state index contributed by atoms with van der Waals surface area (Å²) in [5, 5.41) is 11.7. The fourth-order valence-corrected chi connectivity index (χ4v) is 9.20. The average molecular weight is 429 g/mol. The van der Waals surface area contributed by atoms with Crippen LogP contribution in [0.25, 0.3) is 0 Å². The highest BCUT2D eigenvalue weighted by Gasteiger charge is 2.64. The molecule has 0 amide bonds. The third-order valence-corrected chi connectivity index (χ3v) is 11.0. The van der Waals surface area contributed by atoms with Crippen LogP contribution in [0.2, 0.25) is 0 Å². The van der Waals surface area contributed by atoms with Crippen LogP contribution in [0.5, 0.6) is 0 Å². The van der Waals surface area contributed by atoms with Gasteiger partial charge in [-0.3, -0.25) is 4.79 Å². The Labute approximate surface area is 191 Å². The van der Waals surface area contributed by atoms with E-state index in [2.05, 4.69) is 54.5 Å². The lowest BCUT2D eigenvalue weighted by Gasteiger charge is -2.61. The van der Waals surface area contributed by atoms with Crippen LogP contribution < -0.4 is 0 Å². The van der Waals surface area contributed by atoms with Crippen LogP contribution in [0, 0.1) is 51.8 Å². The van der Waals surface area contributed by atoms with E-state index in [0.717, 1.165) is 25.2 Å². The van der Waals surface area contributed by atoms with Crippen molar-refractivity contribution in [3.63, 3.8) is 0 Å². The van der Waals surface area contributed by atoms with Gasteiger partial charge in [-0.1, -0.05) is 65.5 Å². The van der Waals surface area contributed by atoms with Crippen LogP contribution in [0.4, 0.5) is 0 Å². The largest absolute Gasteiger partial charge is 0.393 e. The number of hydrogen-bond donors (Lipinski definition) is 1. The van der Waals surface area contributed by atoms with E-state index in [4.69, 9.17) is 0 Å². The normalized spacial score (nSPS) is 45.0. The molecule has 2 heteroatoms. The average Bonchev–Trinajstić information content (AvgIpc) is 3.05. The van der Waals surface area contributed by atoms with Crippen molar-refractivity contribution in [3.05, 3.63) is 11.6 Å². The van der Waals surface area contributed by atoms with E-state index in [9.17, 15) is 9.90 Å². The minimum atomic E-state index is -0.327. The summed E-state index contributed by atoms with van der Waals surface area (Å²) in [6.45, 7) is 16.3. The molecule has 0 spiro atoms. The van der Waals surface area contributed by atoms with Crippen molar-refractivity contribution in [2.45, 2.75) is 112 Å². The summed E-state index contributed by atoms with van der Waals surface area (Å²) in [4.78, 5) is 12.7. The molecule has 8 atom stereocenters. The highest BCUT2D eigenvalue weighted by molar-refractivity contribution is 5.89. The second kappa shape index (κ2) is 8.00. The van der Waals surface area contributed by atoms with E-state index >= 15 is 0 Å². The summed E-state index contributed by atoms with van der Waals surface area (Å²) in [5.74, 6) is 4.40. The van der Waals surface area contributed by atoms with Crippen LogP contribution in [0.1, 0.15) is 106 Å². The van der Waals surface area contributed by atoms with Gasteiger partial charge in [-0.2, -0.15) is 0 Å². The number of Topliss-reactive ketones (excluding diaryl/α,β-unsaturated/α-hetero) is 1. The Kier molecular flexibility index (Phi) is 6.07. The number of aliphatic hydroxyl groups excluding tert-OH is 1. The molecule has 1 N–H and O–H groups in total. The van der Waals surface area contributed by atoms with E-state index < -0.39 is 0 Å². The summed E-state index contributed by atoms with van der Waals surface area (Å²) in [5.41, 5.74) is 1.22. The molecule has 0 saturated heterocycles. The second-order valence-electron chi connectivity index (χ2n) is 13.3. The van der Waals surface area contributed by atoms with E-state index in [1.54, 1.807) is 0 Å². The van der Waals surface area contributed by atoms with Crippen molar-refractivity contribution < 1.29 is 9.90 Å². The van der Waals surface area contributed by atoms with Gasteiger partial charge < -0.3 is 5.11 Å². The second-order valence-corrected chi connectivity index (χ2v) is 13.3. The molecule has 0 heterocycles. The SMILES string of the molecule is CC(C)CCC[C@@H](C)[C@H]1CC[C@H]2[C@@H]3CC=C4C(C)(C)C(=O)CC[C@]4(C)[C@H]3CC(O)[C@]12C. The number of carbonyl (C=O) groups excluding carboxylic acids is 1. The highest BCUT2D eigenvalue weighted by Crippen LogP contribution is 2.68. The third kappa shape index (κ3) is 3.49. The smallest absolute Gasteiger partial charge is 0.142 e. The van der Waals surface area contributed by atoms with Gasteiger partial charge in [-0.05, 0) is 92.3 Å². The predicted octanol–water partition coefficient (Wildman–Crippen LogP) is 7.20. The van der Waals surface area contributed by atoms with E-state index in [-0.39, 0.29) is 22.3 Å². The first-order chi connectivity index (χ1) is 14.4. The lowest BCUT2D eigenvalue weighted by Crippen LogP contribution is -2.58. The van der Waals surface area contributed by atoms with Crippen LogP contribution in [0.3, 0.4) is 0 Å². The molecule has 0 aromatic heterocycles. The zero-order valence-electron chi connectivity index (χ0n) is 21.3. The molecule has 4 aliphatic rings. The molecule has 176 valence electrons. The predicted molar refractivity (Wildman–Crippen MR) is 129 cm³/mol. The number of ketones is 1. The zero-order chi connectivity index (χ0) is 22.8. The number of carbonyl (C=O) groups is 1. The summed E-state index contributed by atoms with van der Waals surface area (Å²) in [6, 6.07) is 0. The minimum absolute atomic E-state index is 0.0696. The van der Waals surface area contributed by atoms with Gasteiger partial charge in [-0.25, -0.2) is 0 Å². The standard InChI is InChI=1S/C29H48O2/c1-18(2)9-8-10-19(3)21-12-13-22-20-11-14-24-27(4,5)25(30)15-16-28(24,6)23(20)17-26(31)29(21,22)7/h14,18-23,26,31H,8-13,15-17H2,1-7H3/t19-,20+,21-,22+,23+,26?,28-,29-/m1/s1. The molecule has 3 saturated carbocycles. The number of hydrogen-bond acceptors (Lipinski definition) is 2. The first-order valence-electron chi connectivity index (χ1n) is 13.4. The summed E-state index contributed by atoms with van der Waals surface area (Å²) < 4.78 is 0. The topological polar surface area (TPSA) is 37.3 Å². The molecular formula is C29H48O2. The molecule has 4 aliphatic carbocycles. The molecular weight excluding hydrogens is 380 g/mol. The first-order valence-corrected chi connectivity index (χ1v) is 13.4. The van der Waals surface area contributed by atoms with Crippen molar-refractivity contribution in [2.75, 3.05) is 0 Å². The maximum atomic E-state index is 12.7. The minimum Gasteiger partial charge on any atom is -0.393 e. The third-order valence-electron chi connectivity index (χ3n) is 11.0. The number of aliphatic hydroxyl groups is 1. The molecule has 2 nitrogen and oxygen atoms in total. The lowest BCUT2D eigenvalue weighted by atomic mass is 9.43. The van der Waals surface area contributed by atoms with E-state index in [0.29, 0.717) is 41.8 Å². The molecule has 0 radical (unpaired) electrons. The van der Waals surface area contributed by atoms with Crippen molar-refractivity contribution in [1.82, 2.24) is 0 Å². The fraction of sp³-hybridized carbons (Fsp3) is 0.897. The van der Waals surface area contributed by atoms with Crippen molar-refractivity contribution >= 4 is 5.78 Å². The molecule has 0 aromatic carbocycles. The summed E-state index contributed by atoms with van der Waals surface area (Å²) >= 11 is 0. The quantitative estimate of drug-likeness (QED) is 0.470. The maximum absolute atomic E-state index is 12.7. The Morgan fingerprint density at radius 3 is 2.45 bits per heavy atom. The molecule has 0 aromatic rings. The highest BCUT2D eigenvalue weighted by atomic mass is 16.3. The zero-order valence-corrected chi connectivity index (χ0v) is 21.3. The molecule has 0 aliphatic heterocycles. The van der Waals surface area contributed by atoms with Crippen LogP contribution in [-0.4, -0.2) is 17.0 Å². The van der Waals surface area contributed by atoms with Crippen molar-refractivity contribution in [3.8, 4) is 0 Å². The summed E-state index contributed by atoms with van der Waals surface area (Å²) in [6.07, 6.45) is 12.6. The number of rotatable bonds is 5.